The van der Waals surface area contributed by atoms with Crippen molar-refractivity contribution in [3.8, 4) is 11.5 Å². The number of hydrogen-bond donors (Lipinski definition) is 0. The summed E-state index contributed by atoms with van der Waals surface area (Å²) in [5.74, 6) is 1.65. The molecule has 0 bridgehead atoms. The second kappa shape index (κ2) is 4.87. The van der Waals surface area contributed by atoms with Crippen LogP contribution in [-0.2, 0) is 0 Å². The van der Waals surface area contributed by atoms with Gasteiger partial charge in [-0.2, -0.15) is 0 Å². The van der Waals surface area contributed by atoms with E-state index in [-0.39, 0.29) is 11.4 Å². The Morgan fingerprint density at radius 3 is 2.58 bits per heavy atom. The van der Waals surface area contributed by atoms with E-state index in [4.69, 9.17) is 9.47 Å². The Morgan fingerprint density at radius 2 is 1.89 bits per heavy atom. The van der Waals surface area contributed by atoms with Crippen molar-refractivity contribution in [2.45, 2.75) is 50.5 Å². The average molecular weight is 260 g/mol. The van der Waals surface area contributed by atoms with Crippen molar-refractivity contribution in [1.82, 2.24) is 0 Å². The maximum atomic E-state index is 12.4. The van der Waals surface area contributed by atoms with E-state index in [1.807, 2.05) is 12.1 Å². The van der Waals surface area contributed by atoms with Gasteiger partial charge >= 0.3 is 0 Å². The van der Waals surface area contributed by atoms with E-state index >= 15 is 0 Å². The summed E-state index contributed by atoms with van der Waals surface area (Å²) in [6.07, 6.45) is 7.38. The number of methoxy groups -OCH3 is 1. The molecule has 0 radical (unpaired) electrons. The van der Waals surface area contributed by atoms with Crippen molar-refractivity contribution in [2.75, 3.05) is 7.11 Å². The zero-order valence-corrected chi connectivity index (χ0v) is 11.4. The van der Waals surface area contributed by atoms with Crippen LogP contribution >= 0.6 is 0 Å². The highest BCUT2D eigenvalue weighted by atomic mass is 16.5. The van der Waals surface area contributed by atoms with Gasteiger partial charge in [-0.25, -0.2) is 0 Å². The number of carbonyl (C=O) groups excluding carboxylic acids is 1. The molecule has 1 spiro atoms. The minimum absolute atomic E-state index is 0.196. The second-order valence-electron chi connectivity index (χ2n) is 5.66. The number of Topliss-reactive ketones (excluding diaryl/α,β-unsaturated/α-hetero) is 1. The molecule has 1 aromatic carbocycles. The quantitative estimate of drug-likeness (QED) is 0.771. The fourth-order valence-electron chi connectivity index (χ4n) is 3.25. The Balaban J connectivity index is 1.93. The molecule has 0 aromatic heterocycles. The van der Waals surface area contributed by atoms with Gasteiger partial charge in [0.2, 0.25) is 0 Å². The maximum Gasteiger partial charge on any atom is 0.170 e. The van der Waals surface area contributed by atoms with E-state index in [0.717, 1.165) is 18.6 Å². The Bertz CT molecular complexity index is 485. The Kier molecular flexibility index (Phi) is 3.21. The SMILES string of the molecule is COc1ccc2c(c1)C(=O)CC1(CCCCCC1)O2. The van der Waals surface area contributed by atoms with E-state index in [2.05, 4.69) is 0 Å². The van der Waals surface area contributed by atoms with Crippen LogP contribution in [0.5, 0.6) is 11.5 Å². The maximum absolute atomic E-state index is 12.4. The van der Waals surface area contributed by atoms with Crippen molar-refractivity contribution >= 4 is 5.78 Å². The predicted octanol–water partition coefficient (Wildman–Crippen LogP) is 3.75. The first-order valence-corrected chi connectivity index (χ1v) is 7.13. The number of hydrogen-bond acceptors (Lipinski definition) is 3. The monoisotopic (exact) mass is 260 g/mol. The number of ether oxygens (including phenoxy) is 2. The van der Waals surface area contributed by atoms with Crippen molar-refractivity contribution in [1.29, 1.82) is 0 Å². The average Bonchev–Trinajstić information content (AvgIpc) is 2.64. The van der Waals surface area contributed by atoms with Crippen molar-refractivity contribution in [3.05, 3.63) is 23.8 Å². The molecule has 1 heterocycles. The summed E-state index contributed by atoms with van der Waals surface area (Å²) < 4.78 is 11.4. The zero-order valence-electron chi connectivity index (χ0n) is 11.4. The summed E-state index contributed by atoms with van der Waals surface area (Å²) in [5.41, 5.74) is 0.434. The van der Waals surface area contributed by atoms with Gasteiger partial charge in [-0.1, -0.05) is 12.8 Å². The first-order chi connectivity index (χ1) is 9.22. The lowest BCUT2D eigenvalue weighted by Crippen LogP contribution is -2.41. The van der Waals surface area contributed by atoms with Crippen LogP contribution in [0.25, 0.3) is 0 Å². The van der Waals surface area contributed by atoms with E-state index in [1.165, 1.54) is 25.7 Å². The minimum atomic E-state index is -0.241. The van der Waals surface area contributed by atoms with Gasteiger partial charge in [0.15, 0.2) is 5.78 Å². The molecule has 1 aliphatic carbocycles. The number of carbonyl (C=O) groups is 1. The van der Waals surface area contributed by atoms with Gasteiger partial charge < -0.3 is 9.47 Å². The van der Waals surface area contributed by atoms with Gasteiger partial charge in [0.05, 0.1) is 19.1 Å². The molecular weight excluding hydrogens is 240 g/mol. The van der Waals surface area contributed by atoms with Crippen LogP contribution in [0.15, 0.2) is 18.2 Å². The molecule has 3 rings (SSSR count). The molecule has 102 valence electrons. The van der Waals surface area contributed by atoms with E-state index < -0.39 is 0 Å². The lowest BCUT2D eigenvalue weighted by atomic mass is 9.84. The molecule has 1 aliphatic heterocycles. The normalized spacial score (nSPS) is 21.4. The fourth-order valence-corrected chi connectivity index (χ4v) is 3.25. The van der Waals surface area contributed by atoms with Crippen LogP contribution in [0.4, 0.5) is 0 Å². The smallest absolute Gasteiger partial charge is 0.170 e. The number of ketones is 1. The van der Waals surface area contributed by atoms with Gasteiger partial charge in [0, 0.05) is 0 Å². The molecular formula is C16H20O3. The zero-order chi connectivity index (χ0) is 13.3. The van der Waals surface area contributed by atoms with Crippen LogP contribution in [-0.4, -0.2) is 18.5 Å². The lowest BCUT2D eigenvalue weighted by Gasteiger charge is -2.37. The molecule has 0 saturated heterocycles. The van der Waals surface area contributed by atoms with Crippen molar-refractivity contribution in [2.24, 2.45) is 0 Å². The van der Waals surface area contributed by atoms with Gasteiger partial charge in [0.25, 0.3) is 0 Å². The van der Waals surface area contributed by atoms with Crippen LogP contribution < -0.4 is 9.47 Å². The molecule has 0 N–H and O–H groups in total. The molecule has 1 fully saturated rings. The lowest BCUT2D eigenvalue weighted by molar-refractivity contribution is 0.0297. The third-order valence-corrected chi connectivity index (χ3v) is 4.31. The van der Waals surface area contributed by atoms with Gasteiger partial charge in [-0.3, -0.25) is 4.79 Å². The van der Waals surface area contributed by atoms with Crippen molar-refractivity contribution in [3.63, 3.8) is 0 Å². The number of fused-ring (bicyclic) bond motifs is 1. The van der Waals surface area contributed by atoms with Crippen molar-refractivity contribution < 1.29 is 14.3 Å². The van der Waals surface area contributed by atoms with Crippen LogP contribution in [0.1, 0.15) is 55.3 Å². The Labute approximate surface area is 113 Å². The number of benzene rings is 1. The third kappa shape index (κ3) is 2.34. The molecule has 3 heteroatoms. The van der Waals surface area contributed by atoms with E-state index in [9.17, 15) is 4.79 Å². The molecule has 19 heavy (non-hydrogen) atoms. The topological polar surface area (TPSA) is 35.5 Å². The van der Waals surface area contributed by atoms with Crippen LogP contribution in [0.3, 0.4) is 0 Å². The summed E-state index contributed by atoms with van der Waals surface area (Å²) >= 11 is 0. The molecule has 1 aromatic rings. The molecule has 3 nitrogen and oxygen atoms in total. The Morgan fingerprint density at radius 1 is 1.16 bits per heavy atom. The Hall–Kier alpha value is -1.51. The van der Waals surface area contributed by atoms with E-state index in [0.29, 0.717) is 17.7 Å². The first kappa shape index (κ1) is 12.5. The number of rotatable bonds is 1. The highest BCUT2D eigenvalue weighted by molar-refractivity contribution is 6.00. The highest BCUT2D eigenvalue weighted by Gasteiger charge is 2.40. The largest absolute Gasteiger partial charge is 0.497 e. The summed E-state index contributed by atoms with van der Waals surface area (Å²) in [6.45, 7) is 0. The molecule has 0 atom stereocenters. The summed E-state index contributed by atoms with van der Waals surface area (Å²) in [4.78, 5) is 12.4. The molecule has 0 amide bonds. The summed E-state index contributed by atoms with van der Waals surface area (Å²) in [5, 5.41) is 0. The van der Waals surface area contributed by atoms with Crippen LogP contribution in [0, 0.1) is 0 Å². The minimum Gasteiger partial charge on any atom is -0.497 e. The molecule has 0 unspecified atom stereocenters. The van der Waals surface area contributed by atoms with Gasteiger partial charge in [0.1, 0.15) is 17.1 Å². The van der Waals surface area contributed by atoms with Gasteiger partial charge in [-0.15, -0.1) is 0 Å². The molecule has 1 saturated carbocycles. The first-order valence-electron chi connectivity index (χ1n) is 7.13. The predicted molar refractivity (Wildman–Crippen MR) is 73.0 cm³/mol. The second-order valence-corrected chi connectivity index (χ2v) is 5.66. The highest BCUT2D eigenvalue weighted by Crippen LogP contribution is 2.41. The van der Waals surface area contributed by atoms with E-state index in [1.54, 1.807) is 13.2 Å². The van der Waals surface area contributed by atoms with Crippen LogP contribution in [0.2, 0.25) is 0 Å². The summed E-state index contributed by atoms with van der Waals surface area (Å²) in [6, 6.07) is 5.53. The standard InChI is InChI=1S/C16H20O3/c1-18-12-6-7-15-13(10-12)14(17)11-16(19-15)8-4-2-3-5-9-16/h6-7,10H,2-5,8-9,11H2,1H3. The van der Waals surface area contributed by atoms with Gasteiger partial charge in [-0.05, 0) is 43.9 Å². The third-order valence-electron chi connectivity index (χ3n) is 4.31. The summed E-state index contributed by atoms with van der Waals surface area (Å²) in [7, 11) is 1.61. The molecule has 2 aliphatic rings. The fraction of sp³-hybridized carbons (Fsp3) is 0.562.